The fraction of sp³-hybridized carbons (Fsp3) is 0.471. The van der Waals surface area contributed by atoms with Gasteiger partial charge in [-0.25, -0.2) is 0 Å². The van der Waals surface area contributed by atoms with Crippen molar-refractivity contribution in [1.82, 2.24) is 5.32 Å². The number of benzene rings is 1. The second kappa shape index (κ2) is 7.22. The Kier molecular flexibility index (Phi) is 5.20. The molecule has 1 saturated heterocycles. The lowest BCUT2D eigenvalue weighted by Gasteiger charge is -2.19. The summed E-state index contributed by atoms with van der Waals surface area (Å²) in [4.78, 5) is 37.5. The van der Waals surface area contributed by atoms with Crippen LogP contribution >= 0.6 is 23.2 Å². The fourth-order valence-corrected chi connectivity index (χ4v) is 3.75. The number of carbonyl (C=O) groups excluding carboxylic acids is 2. The number of carboxylic acids is 1. The van der Waals surface area contributed by atoms with Gasteiger partial charge in [-0.15, -0.1) is 0 Å². The zero-order chi connectivity index (χ0) is 18.1. The van der Waals surface area contributed by atoms with Crippen molar-refractivity contribution in [1.29, 1.82) is 0 Å². The lowest BCUT2D eigenvalue weighted by atomic mass is 10.0. The van der Waals surface area contributed by atoms with Crippen molar-refractivity contribution in [3.63, 3.8) is 0 Å². The molecule has 2 N–H and O–H groups in total. The molecule has 8 heteroatoms. The van der Waals surface area contributed by atoms with E-state index in [1.54, 1.807) is 23.1 Å². The number of nitrogens with one attached hydrogen (secondary N) is 1. The molecule has 0 aromatic heterocycles. The molecule has 1 heterocycles. The van der Waals surface area contributed by atoms with Gasteiger partial charge in [-0.3, -0.25) is 14.4 Å². The van der Waals surface area contributed by atoms with Crippen LogP contribution < -0.4 is 10.2 Å². The highest BCUT2D eigenvalue weighted by Crippen LogP contribution is 2.32. The van der Waals surface area contributed by atoms with E-state index in [9.17, 15) is 14.4 Å². The van der Waals surface area contributed by atoms with Crippen LogP contribution in [-0.4, -0.2) is 35.5 Å². The van der Waals surface area contributed by atoms with Crippen LogP contribution in [0, 0.1) is 11.8 Å². The molecule has 0 spiro atoms. The van der Waals surface area contributed by atoms with Gasteiger partial charge in [0.2, 0.25) is 11.8 Å². The van der Waals surface area contributed by atoms with Crippen LogP contribution in [0.3, 0.4) is 0 Å². The Balaban J connectivity index is 1.61. The minimum atomic E-state index is -0.863. The van der Waals surface area contributed by atoms with Crippen molar-refractivity contribution >= 4 is 46.7 Å². The zero-order valence-electron chi connectivity index (χ0n) is 13.4. The molecular weight excluding hydrogens is 367 g/mol. The summed E-state index contributed by atoms with van der Waals surface area (Å²) >= 11 is 11.9. The van der Waals surface area contributed by atoms with Gasteiger partial charge in [0, 0.05) is 18.2 Å². The average molecular weight is 385 g/mol. The number of amides is 2. The third-order valence-electron chi connectivity index (χ3n) is 4.89. The van der Waals surface area contributed by atoms with E-state index >= 15 is 0 Å². The maximum atomic E-state index is 12.6. The Bertz CT molecular complexity index is 725. The van der Waals surface area contributed by atoms with Gasteiger partial charge in [0.25, 0.3) is 0 Å². The minimum absolute atomic E-state index is 0.195. The van der Waals surface area contributed by atoms with E-state index in [0.717, 1.165) is 0 Å². The number of halogens is 2. The van der Waals surface area contributed by atoms with E-state index in [-0.39, 0.29) is 17.7 Å². The van der Waals surface area contributed by atoms with Gasteiger partial charge in [0.15, 0.2) is 0 Å². The number of rotatable bonds is 4. The van der Waals surface area contributed by atoms with Gasteiger partial charge in [-0.1, -0.05) is 23.2 Å². The summed E-state index contributed by atoms with van der Waals surface area (Å²) in [6.07, 6.45) is 1.88. The number of carboxylic acid groups (broad SMARTS) is 1. The highest BCUT2D eigenvalue weighted by molar-refractivity contribution is 6.42. The number of hydrogen-bond donors (Lipinski definition) is 2. The Morgan fingerprint density at radius 3 is 2.48 bits per heavy atom. The predicted molar refractivity (Wildman–Crippen MR) is 93.8 cm³/mol. The first-order chi connectivity index (χ1) is 11.9. The maximum Gasteiger partial charge on any atom is 0.306 e. The quantitative estimate of drug-likeness (QED) is 0.835. The molecule has 1 saturated carbocycles. The fourth-order valence-electron chi connectivity index (χ4n) is 3.46. The lowest BCUT2D eigenvalue weighted by Crippen LogP contribution is -2.43. The molecular formula is C17H18Cl2N2O4. The second-order valence-electron chi connectivity index (χ2n) is 6.48. The number of hydrogen-bond acceptors (Lipinski definition) is 3. The van der Waals surface area contributed by atoms with Gasteiger partial charge in [0.05, 0.1) is 16.0 Å². The van der Waals surface area contributed by atoms with Gasteiger partial charge < -0.3 is 15.3 Å². The molecule has 1 aromatic rings. The van der Waals surface area contributed by atoms with Crippen LogP contribution in [-0.2, 0) is 14.4 Å². The predicted octanol–water partition coefficient (Wildman–Crippen LogP) is 2.72. The van der Waals surface area contributed by atoms with Crippen molar-refractivity contribution in [2.75, 3.05) is 11.4 Å². The number of anilines is 1. The van der Waals surface area contributed by atoms with Crippen molar-refractivity contribution in [3.05, 3.63) is 28.2 Å². The Morgan fingerprint density at radius 1 is 1.12 bits per heavy atom. The van der Waals surface area contributed by atoms with Gasteiger partial charge in [-0.05, 0) is 43.9 Å². The molecule has 3 atom stereocenters. The zero-order valence-corrected chi connectivity index (χ0v) is 14.9. The van der Waals surface area contributed by atoms with Crippen molar-refractivity contribution in [2.45, 2.75) is 31.7 Å². The highest BCUT2D eigenvalue weighted by atomic mass is 35.5. The van der Waals surface area contributed by atoms with E-state index in [4.69, 9.17) is 28.3 Å². The first kappa shape index (κ1) is 18.0. The van der Waals surface area contributed by atoms with E-state index in [2.05, 4.69) is 5.32 Å². The first-order valence-electron chi connectivity index (χ1n) is 8.16. The van der Waals surface area contributed by atoms with Crippen molar-refractivity contribution in [3.8, 4) is 0 Å². The molecule has 2 amide bonds. The summed E-state index contributed by atoms with van der Waals surface area (Å²) in [5.41, 5.74) is 0.642. The third kappa shape index (κ3) is 3.75. The molecule has 1 aromatic carbocycles. The molecule has 1 unspecified atom stereocenters. The first-order valence-corrected chi connectivity index (χ1v) is 8.92. The van der Waals surface area contributed by atoms with E-state index in [0.29, 0.717) is 48.0 Å². The molecule has 2 aliphatic rings. The summed E-state index contributed by atoms with van der Waals surface area (Å²) in [6, 6.07) is 4.37. The van der Waals surface area contributed by atoms with Crippen LogP contribution in [0.4, 0.5) is 5.69 Å². The summed E-state index contributed by atoms with van der Waals surface area (Å²) in [7, 11) is 0. The van der Waals surface area contributed by atoms with Gasteiger partial charge in [-0.2, -0.15) is 0 Å². The lowest BCUT2D eigenvalue weighted by molar-refractivity contribution is -0.141. The maximum absolute atomic E-state index is 12.6. The molecule has 0 bridgehead atoms. The van der Waals surface area contributed by atoms with E-state index in [1.165, 1.54) is 0 Å². The Labute approximate surface area is 155 Å². The summed E-state index contributed by atoms with van der Waals surface area (Å²) < 4.78 is 0. The largest absolute Gasteiger partial charge is 0.481 e. The van der Waals surface area contributed by atoms with Crippen molar-refractivity contribution in [2.24, 2.45) is 11.8 Å². The van der Waals surface area contributed by atoms with E-state index in [1.807, 2.05) is 0 Å². The van der Waals surface area contributed by atoms with Crippen LogP contribution in [0.1, 0.15) is 25.7 Å². The molecule has 3 rings (SSSR count). The Hall–Kier alpha value is -1.79. The third-order valence-corrected chi connectivity index (χ3v) is 5.63. The average Bonchev–Trinajstić information content (AvgIpc) is 3.19. The molecule has 1 aliphatic carbocycles. The molecule has 25 heavy (non-hydrogen) atoms. The summed E-state index contributed by atoms with van der Waals surface area (Å²) in [5, 5.41) is 12.6. The SMILES string of the molecule is O=C(O)[C@@H]1CC[C@H](C(=O)NC2CCN(c3ccc(Cl)c(Cl)c3)C2=O)C1. The molecule has 2 fully saturated rings. The topological polar surface area (TPSA) is 86.7 Å². The minimum Gasteiger partial charge on any atom is -0.481 e. The molecule has 134 valence electrons. The smallest absolute Gasteiger partial charge is 0.306 e. The Morgan fingerprint density at radius 2 is 1.84 bits per heavy atom. The number of carbonyl (C=O) groups is 3. The van der Waals surface area contributed by atoms with Gasteiger partial charge >= 0.3 is 5.97 Å². The normalized spacial score (nSPS) is 26.1. The van der Waals surface area contributed by atoms with Gasteiger partial charge in [0.1, 0.15) is 6.04 Å². The number of nitrogens with zero attached hydrogens (tertiary/aromatic N) is 1. The second-order valence-corrected chi connectivity index (χ2v) is 7.30. The number of aliphatic carboxylic acids is 1. The van der Waals surface area contributed by atoms with E-state index < -0.39 is 17.9 Å². The molecule has 1 aliphatic heterocycles. The monoisotopic (exact) mass is 384 g/mol. The van der Waals surface area contributed by atoms with Crippen LogP contribution in [0.2, 0.25) is 10.0 Å². The molecule has 6 nitrogen and oxygen atoms in total. The van der Waals surface area contributed by atoms with Crippen LogP contribution in [0.25, 0.3) is 0 Å². The highest BCUT2D eigenvalue weighted by Gasteiger charge is 2.38. The molecule has 0 radical (unpaired) electrons. The summed E-state index contributed by atoms with van der Waals surface area (Å²) in [5.74, 6) is -2.11. The van der Waals surface area contributed by atoms with Crippen LogP contribution in [0.5, 0.6) is 0 Å². The van der Waals surface area contributed by atoms with Crippen molar-refractivity contribution < 1.29 is 19.5 Å². The standard InChI is InChI=1S/C17H18Cl2N2O4/c18-12-4-3-11(8-13(12)19)21-6-5-14(16(21)23)20-15(22)9-1-2-10(7-9)17(24)25/h3-4,8-10,14H,1-2,5-7H2,(H,20,22)(H,24,25)/t9-,10+,14?/m0/s1. The van der Waals surface area contributed by atoms with Crippen LogP contribution in [0.15, 0.2) is 18.2 Å². The summed E-state index contributed by atoms with van der Waals surface area (Å²) in [6.45, 7) is 0.476.